The Bertz CT molecular complexity index is 446. The third kappa shape index (κ3) is 1.89. The molecular weight excluding hydrogens is 188 g/mol. The lowest BCUT2D eigenvalue weighted by Gasteiger charge is -2.09. The lowest BCUT2D eigenvalue weighted by Crippen LogP contribution is -2.08. The van der Waals surface area contributed by atoms with E-state index < -0.39 is 0 Å². The van der Waals surface area contributed by atoms with Gasteiger partial charge in [0.2, 0.25) is 0 Å². The van der Waals surface area contributed by atoms with E-state index in [1.54, 1.807) is 17.1 Å². The van der Waals surface area contributed by atoms with Crippen LogP contribution in [-0.4, -0.2) is 14.8 Å². The molecule has 0 saturated heterocycles. The molecule has 0 saturated carbocycles. The van der Waals surface area contributed by atoms with Crippen molar-refractivity contribution >= 4 is 0 Å². The molecule has 0 bridgehead atoms. The summed E-state index contributed by atoms with van der Waals surface area (Å²) in [5.74, 6) is 0.851. The molecule has 2 rings (SSSR count). The molecule has 2 N–H and O–H groups in total. The van der Waals surface area contributed by atoms with Gasteiger partial charge in [-0.05, 0) is 37.1 Å². The van der Waals surface area contributed by atoms with Crippen LogP contribution in [0.5, 0.6) is 0 Å². The van der Waals surface area contributed by atoms with Gasteiger partial charge in [-0.25, -0.2) is 9.67 Å². The second-order valence-electron chi connectivity index (χ2n) is 3.65. The molecule has 2 heterocycles. The van der Waals surface area contributed by atoms with Crippen molar-refractivity contribution in [2.24, 2.45) is 5.73 Å². The molecule has 4 heteroatoms. The smallest absolute Gasteiger partial charge is 0.156 e. The Balaban J connectivity index is 2.44. The maximum atomic E-state index is 5.79. The van der Waals surface area contributed by atoms with Crippen molar-refractivity contribution in [2.75, 3.05) is 0 Å². The summed E-state index contributed by atoms with van der Waals surface area (Å²) in [4.78, 5) is 4.36. The molecule has 4 nitrogen and oxygen atoms in total. The number of nitrogens with two attached hydrogens (primary N) is 1. The summed E-state index contributed by atoms with van der Waals surface area (Å²) in [5, 5.41) is 4.14. The molecule has 0 aliphatic rings. The molecule has 0 spiro atoms. The highest BCUT2D eigenvalue weighted by molar-refractivity contribution is 5.35. The van der Waals surface area contributed by atoms with Crippen LogP contribution in [0.2, 0.25) is 0 Å². The third-order valence-electron chi connectivity index (χ3n) is 2.32. The SMILES string of the molecule is Cc1cc(C(C)N)cnc1-n1cccn1. The Hall–Kier alpha value is -1.68. The highest BCUT2D eigenvalue weighted by Crippen LogP contribution is 2.15. The maximum Gasteiger partial charge on any atom is 0.156 e. The van der Waals surface area contributed by atoms with Gasteiger partial charge >= 0.3 is 0 Å². The molecular formula is C11H14N4. The number of rotatable bonds is 2. The van der Waals surface area contributed by atoms with Gasteiger partial charge in [-0.3, -0.25) is 0 Å². The van der Waals surface area contributed by atoms with Gasteiger partial charge in [0.25, 0.3) is 0 Å². The average Bonchev–Trinajstić information content (AvgIpc) is 2.70. The summed E-state index contributed by atoms with van der Waals surface area (Å²) in [5.41, 5.74) is 7.91. The summed E-state index contributed by atoms with van der Waals surface area (Å²) < 4.78 is 1.75. The molecule has 1 unspecified atom stereocenters. The van der Waals surface area contributed by atoms with Crippen LogP contribution in [-0.2, 0) is 0 Å². The van der Waals surface area contributed by atoms with Crippen LogP contribution in [0.3, 0.4) is 0 Å². The molecule has 1 atom stereocenters. The molecule has 2 aromatic heterocycles. The Morgan fingerprint density at radius 1 is 1.47 bits per heavy atom. The molecule has 2 aromatic rings. The first kappa shape index (κ1) is 9.86. The van der Waals surface area contributed by atoms with E-state index in [1.807, 2.05) is 26.1 Å². The number of aryl methyl sites for hydroxylation is 1. The van der Waals surface area contributed by atoms with Gasteiger partial charge < -0.3 is 5.73 Å². The van der Waals surface area contributed by atoms with Gasteiger partial charge in [-0.1, -0.05) is 0 Å². The van der Waals surface area contributed by atoms with Crippen LogP contribution in [0.4, 0.5) is 0 Å². The van der Waals surface area contributed by atoms with E-state index in [-0.39, 0.29) is 6.04 Å². The van der Waals surface area contributed by atoms with E-state index in [9.17, 15) is 0 Å². The monoisotopic (exact) mass is 202 g/mol. The molecule has 0 fully saturated rings. The first-order valence-electron chi connectivity index (χ1n) is 4.90. The minimum absolute atomic E-state index is 0.0165. The highest BCUT2D eigenvalue weighted by atomic mass is 15.3. The van der Waals surface area contributed by atoms with Gasteiger partial charge in [0, 0.05) is 24.6 Å². The summed E-state index contributed by atoms with van der Waals surface area (Å²) >= 11 is 0. The van der Waals surface area contributed by atoms with E-state index >= 15 is 0 Å². The number of aromatic nitrogens is 3. The lowest BCUT2D eigenvalue weighted by molar-refractivity contribution is 0.791. The summed E-state index contributed by atoms with van der Waals surface area (Å²) in [6.45, 7) is 3.96. The van der Waals surface area contributed by atoms with Crippen molar-refractivity contribution in [3.8, 4) is 5.82 Å². The maximum absolute atomic E-state index is 5.79. The van der Waals surface area contributed by atoms with Gasteiger partial charge in [0.05, 0.1) is 0 Å². The van der Waals surface area contributed by atoms with Crippen LogP contribution >= 0.6 is 0 Å². The van der Waals surface area contributed by atoms with E-state index in [1.165, 1.54) is 0 Å². The highest BCUT2D eigenvalue weighted by Gasteiger charge is 2.06. The zero-order valence-electron chi connectivity index (χ0n) is 8.88. The number of hydrogen-bond acceptors (Lipinski definition) is 3. The van der Waals surface area contributed by atoms with Gasteiger partial charge in [0.15, 0.2) is 5.82 Å². The number of hydrogen-bond donors (Lipinski definition) is 1. The van der Waals surface area contributed by atoms with Crippen molar-refractivity contribution in [1.82, 2.24) is 14.8 Å². The molecule has 78 valence electrons. The average molecular weight is 202 g/mol. The molecule has 0 aliphatic heterocycles. The summed E-state index contributed by atoms with van der Waals surface area (Å²) in [7, 11) is 0. The van der Waals surface area contributed by atoms with Crippen molar-refractivity contribution in [1.29, 1.82) is 0 Å². The fourth-order valence-electron chi connectivity index (χ4n) is 1.47. The van der Waals surface area contributed by atoms with E-state index in [0.717, 1.165) is 16.9 Å². The largest absolute Gasteiger partial charge is 0.324 e. The fourth-order valence-corrected chi connectivity index (χ4v) is 1.47. The minimum Gasteiger partial charge on any atom is -0.324 e. The van der Waals surface area contributed by atoms with Gasteiger partial charge in [0.1, 0.15) is 0 Å². The van der Waals surface area contributed by atoms with Crippen LogP contribution < -0.4 is 5.73 Å². The predicted molar refractivity (Wildman–Crippen MR) is 58.7 cm³/mol. The quantitative estimate of drug-likeness (QED) is 0.804. The van der Waals surface area contributed by atoms with Gasteiger partial charge in [-0.2, -0.15) is 5.10 Å². The second kappa shape index (κ2) is 3.82. The van der Waals surface area contributed by atoms with Crippen molar-refractivity contribution in [2.45, 2.75) is 19.9 Å². The first-order chi connectivity index (χ1) is 7.18. The molecule has 0 aromatic carbocycles. The van der Waals surface area contributed by atoms with Crippen LogP contribution in [0, 0.1) is 6.92 Å². The Kier molecular flexibility index (Phi) is 2.51. The minimum atomic E-state index is 0.0165. The third-order valence-corrected chi connectivity index (χ3v) is 2.32. The lowest BCUT2D eigenvalue weighted by atomic mass is 10.1. The number of nitrogens with zero attached hydrogens (tertiary/aromatic N) is 3. The van der Waals surface area contributed by atoms with Crippen molar-refractivity contribution < 1.29 is 0 Å². The van der Waals surface area contributed by atoms with Crippen molar-refractivity contribution in [3.05, 3.63) is 41.9 Å². The summed E-state index contributed by atoms with van der Waals surface area (Å²) in [6.07, 6.45) is 5.41. The zero-order chi connectivity index (χ0) is 10.8. The van der Waals surface area contributed by atoms with Crippen LogP contribution in [0.25, 0.3) is 5.82 Å². The van der Waals surface area contributed by atoms with Crippen LogP contribution in [0.15, 0.2) is 30.7 Å². The van der Waals surface area contributed by atoms with E-state index in [4.69, 9.17) is 5.73 Å². The van der Waals surface area contributed by atoms with Crippen molar-refractivity contribution in [3.63, 3.8) is 0 Å². The van der Waals surface area contributed by atoms with Gasteiger partial charge in [-0.15, -0.1) is 0 Å². The standard InChI is InChI=1S/C11H14N4/c1-8-6-10(9(2)12)7-13-11(8)15-5-3-4-14-15/h3-7,9H,12H2,1-2H3. The molecule has 0 aliphatic carbocycles. The normalized spacial score (nSPS) is 12.7. The fraction of sp³-hybridized carbons (Fsp3) is 0.273. The number of pyridine rings is 1. The summed E-state index contributed by atoms with van der Waals surface area (Å²) in [6, 6.07) is 3.94. The molecule has 15 heavy (non-hydrogen) atoms. The Labute approximate surface area is 88.8 Å². The predicted octanol–water partition coefficient (Wildman–Crippen LogP) is 1.60. The first-order valence-corrected chi connectivity index (χ1v) is 4.90. The molecule has 0 amide bonds. The topological polar surface area (TPSA) is 56.7 Å². The van der Waals surface area contributed by atoms with Crippen LogP contribution in [0.1, 0.15) is 24.1 Å². The second-order valence-corrected chi connectivity index (χ2v) is 3.65. The zero-order valence-corrected chi connectivity index (χ0v) is 8.88. The Morgan fingerprint density at radius 2 is 2.27 bits per heavy atom. The Morgan fingerprint density at radius 3 is 2.80 bits per heavy atom. The van der Waals surface area contributed by atoms with E-state index in [0.29, 0.717) is 0 Å². The van der Waals surface area contributed by atoms with E-state index in [2.05, 4.69) is 16.1 Å². The molecule has 0 radical (unpaired) electrons.